The molecule has 1 atom stereocenters. The molecule has 0 spiro atoms. The second kappa shape index (κ2) is 9.36. The maximum absolute atomic E-state index is 11.4. The summed E-state index contributed by atoms with van der Waals surface area (Å²) in [6.45, 7) is 8.76. The van der Waals surface area contributed by atoms with Gasteiger partial charge < -0.3 is 14.8 Å². The summed E-state index contributed by atoms with van der Waals surface area (Å²) in [4.78, 5) is 11.4. The molecular weight excluding hydrogens is 206 g/mol. The van der Waals surface area contributed by atoms with E-state index in [4.69, 9.17) is 9.47 Å². The summed E-state index contributed by atoms with van der Waals surface area (Å²) in [5.74, 6) is -0.112. The Labute approximate surface area is 98.0 Å². The van der Waals surface area contributed by atoms with Gasteiger partial charge in [-0.25, -0.2) is 0 Å². The summed E-state index contributed by atoms with van der Waals surface area (Å²) in [5, 5.41) is 2.86. The second-order valence-electron chi connectivity index (χ2n) is 3.30. The van der Waals surface area contributed by atoms with Crippen LogP contribution in [0.4, 0.5) is 0 Å². The molecule has 0 aromatic carbocycles. The third kappa shape index (κ3) is 5.88. The van der Waals surface area contributed by atoms with Crippen molar-refractivity contribution in [3.8, 4) is 0 Å². The van der Waals surface area contributed by atoms with Crippen LogP contribution in [0.25, 0.3) is 0 Å². The van der Waals surface area contributed by atoms with Crippen molar-refractivity contribution in [1.29, 1.82) is 0 Å². The van der Waals surface area contributed by atoms with Crippen LogP contribution in [0, 0.1) is 0 Å². The van der Waals surface area contributed by atoms with Crippen LogP contribution in [-0.4, -0.2) is 31.5 Å². The molecule has 0 aromatic rings. The van der Waals surface area contributed by atoms with Crippen LogP contribution in [0.15, 0.2) is 12.2 Å². The fourth-order valence-electron chi connectivity index (χ4n) is 1.35. The molecule has 94 valence electrons. The highest BCUT2D eigenvalue weighted by Crippen LogP contribution is 2.06. The van der Waals surface area contributed by atoms with Gasteiger partial charge >= 0.3 is 0 Å². The van der Waals surface area contributed by atoms with E-state index in [2.05, 4.69) is 5.32 Å². The number of allylic oxidation sites excluding steroid dienone is 1. The smallest absolute Gasteiger partial charge is 0.244 e. The first kappa shape index (κ1) is 15.1. The van der Waals surface area contributed by atoms with Crippen LogP contribution in [0.3, 0.4) is 0 Å². The van der Waals surface area contributed by atoms with Gasteiger partial charge in [0.15, 0.2) is 6.29 Å². The van der Waals surface area contributed by atoms with E-state index in [1.54, 1.807) is 6.08 Å². The lowest BCUT2D eigenvalue weighted by atomic mass is 10.2. The van der Waals surface area contributed by atoms with E-state index >= 15 is 0 Å². The minimum absolute atomic E-state index is 0.108. The molecule has 0 fully saturated rings. The van der Waals surface area contributed by atoms with Gasteiger partial charge in [0.2, 0.25) is 5.91 Å². The van der Waals surface area contributed by atoms with Crippen molar-refractivity contribution in [2.45, 2.75) is 46.4 Å². The van der Waals surface area contributed by atoms with E-state index in [0.29, 0.717) is 13.2 Å². The molecule has 0 aliphatic carbocycles. The number of amides is 1. The minimum atomic E-state index is -0.366. The Kier molecular flexibility index (Phi) is 8.85. The van der Waals surface area contributed by atoms with Gasteiger partial charge in [0.05, 0.1) is 6.04 Å². The summed E-state index contributed by atoms with van der Waals surface area (Å²) in [6, 6.07) is -0.108. The standard InChI is InChI=1S/C12H23NO3/c1-5-9-11(14)13-10(6-2)12(15-7-3)16-8-4/h5,9-10,12H,6-8H2,1-4H3,(H,13,14). The molecule has 16 heavy (non-hydrogen) atoms. The molecule has 4 nitrogen and oxygen atoms in total. The first-order valence-corrected chi connectivity index (χ1v) is 5.85. The first-order valence-electron chi connectivity index (χ1n) is 5.85. The van der Waals surface area contributed by atoms with E-state index in [0.717, 1.165) is 6.42 Å². The Morgan fingerprint density at radius 3 is 2.19 bits per heavy atom. The van der Waals surface area contributed by atoms with E-state index in [1.807, 2.05) is 27.7 Å². The van der Waals surface area contributed by atoms with Crippen molar-refractivity contribution in [3.63, 3.8) is 0 Å². The van der Waals surface area contributed by atoms with Gasteiger partial charge in [-0.2, -0.15) is 0 Å². The predicted octanol–water partition coefficient (Wildman–Crippen LogP) is 1.86. The highest BCUT2D eigenvalue weighted by molar-refractivity contribution is 5.87. The monoisotopic (exact) mass is 229 g/mol. The lowest BCUT2D eigenvalue weighted by Gasteiger charge is -2.26. The van der Waals surface area contributed by atoms with Gasteiger partial charge in [-0.1, -0.05) is 13.0 Å². The Bertz CT molecular complexity index is 210. The van der Waals surface area contributed by atoms with Gasteiger partial charge in [-0.15, -0.1) is 0 Å². The quantitative estimate of drug-likeness (QED) is 0.510. The molecule has 0 bridgehead atoms. The maximum Gasteiger partial charge on any atom is 0.244 e. The summed E-state index contributed by atoms with van der Waals surface area (Å²) >= 11 is 0. The number of hydrogen-bond donors (Lipinski definition) is 1. The van der Waals surface area contributed by atoms with Crippen molar-refractivity contribution in [2.75, 3.05) is 13.2 Å². The minimum Gasteiger partial charge on any atom is -0.351 e. The topological polar surface area (TPSA) is 47.6 Å². The highest BCUT2D eigenvalue weighted by atomic mass is 16.7. The molecule has 0 rings (SSSR count). The van der Waals surface area contributed by atoms with Gasteiger partial charge in [-0.3, -0.25) is 4.79 Å². The Hall–Kier alpha value is -0.870. The van der Waals surface area contributed by atoms with E-state index in [1.165, 1.54) is 6.08 Å². The first-order chi connectivity index (χ1) is 7.69. The van der Waals surface area contributed by atoms with Gasteiger partial charge in [-0.05, 0) is 33.3 Å². The number of nitrogens with one attached hydrogen (secondary N) is 1. The molecule has 0 aliphatic heterocycles. The molecule has 0 saturated carbocycles. The summed E-state index contributed by atoms with van der Waals surface area (Å²) < 4.78 is 10.9. The maximum atomic E-state index is 11.4. The molecule has 0 saturated heterocycles. The Morgan fingerprint density at radius 2 is 1.81 bits per heavy atom. The summed E-state index contributed by atoms with van der Waals surface area (Å²) in [6.07, 6.45) is 3.61. The van der Waals surface area contributed by atoms with Gasteiger partial charge in [0.1, 0.15) is 0 Å². The Morgan fingerprint density at radius 1 is 1.25 bits per heavy atom. The predicted molar refractivity (Wildman–Crippen MR) is 64.1 cm³/mol. The van der Waals surface area contributed by atoms with E-state index in [-0.39, 0.29) is 18.2 Å². The van der Waals surface area contributed by atoms with Crippen LogP contribution < -0.4 is 5.32 Å². The van der Waals surface area contributed by atoms with Crippen LogP contribution >= 0.6 is 0 Å². The lowest BCUT2D eigenvalue weighted by Crippen LogP contribution is -2.45. The average molecular weight is 229 g/mol. The normalized spacial score (nSPS) is 13.3. The molecule has 0 radical (unpaired) electrons. The lowest BCUT2D eigenvalue weighted by molar-refractivity contribution is -0.157. The zero-order valence-electron chi connectivity index (χ0n) is 10.7. The summed E-state index contributed by atoms with van der Waals surface area (Å²) in [5.41, 5.74) is 0. The number of ether oxygens (including phenoxy) is 2. The Balaban J connectivity index is 4.34. The molecule has 0 heterocycles. The average Bonchev–Trinajstić information content (AvgIpc) is 2.26. The largest absolute Gasteiger partial charge is 0.351 e. The molecule has 1 unspecified atom stereocenters. The van der Waals surface area contributed by atoms with Crippen molar-refractivity contribution < 1.29 is 14.3 Å². The highest BCUT2D eigenvalue weighted by Gasteiger charge is 2.21. The number of hydrogen-bond acceptors (Lipinski definition) is 3. The fraction of sp³-hybridized carbons (Fsp3) is 0.750. The van der Waals surface area contributed by atoms with Crippen molar-refractivity contribution in [2.24, 2.45) is 0 Å². The molecule has 1 amide bonds. The van der Waals surface area contributed by atoms with E-state index in [9.17, 15) is 4.79 Å². The molecule has 0 aliphatic rings. The number of carbonyl (C=O) groups excluding carboxylic acids is 1. The number of carbonyl (C=O) groups is 1. The van der Waals surface area contributed by atoms with E-state index < -0.39 is 0 Å². The third-order valence-electron chi connectivity index (χ3n) is 2.08. The molecule has 0 aromatic heterocycles. The summed E-state index contributed by atoms with van der Waals surface area (Å²) in [7, 11) is 0. The van der Waals surface area contributed by atoms with Gasteiger partial charge in [0.25, 0.3) is 0 Å². The van der Waals surface area contributed by atoms with Crippen molar-refractivity contribution in [1.82, 2.24) is 5.32 Å². The zero-order valence-corrected chi connectivity index (χ0v) is 10.7. The molecular formula is C12H23NO3. The van der Waals surface area contributed by atoms with Crippen LogP contribution in [-0.2, 0) is 14.3 Å². The van der Waals surface area contributed by atoms with Gasteiger partial charge in [0, 0.05) is 13.2 Å². The zero-order chi connectivity index (χ0) is 12.4. The van der Waals surface area contributed by atoms with Crippen LogP contribution in [0.2, 0.25) is 0 Å². The third-order valence-corrected chi connectivity index (χ3v) is 2.08. The van der Waals surface area contributed by atoms with Crippen LogP contribution in [0.1, 0.15) is 34.1 Å². The number of rotatable bonds is 8. The SMILES string of the molecule is CC=CC(=O)NC(CC)C(OCC)OCC. The molecule has 1 N–H and O–H groups in total. The van der Waals surface area contributed by atoms with Crippen molar-refractivity contribution >= 4 is 5.91 Å². The van der Waals surface area contributed by atoms with Crippen LogP contribution in [0.5, 0.6) is 0 Å². The second-order valence-corrected chi connectivity index (χ2v) is 3.30. The molecule has 4 heteroatoms. The van der Waals surface area contributed by atoms with Crippen molar-refractivity contribution in [3.05, 3.63) is 12.2 Å². The fourth-order valence-corrected chi connectivity index (χ4v) is 1.35.